The number of hydrogen-bond donors (Lipinski definition) is 0. The average Bonchev–Trinajstić information content (AvgIpc) is 2.52. The number of benzene rings is 1. The van der Waals surface area contributed by atoms with E-state index in [0.717, 1.165) is 10.8 Å². The van der Waals surface area contributed by atoms with Crippen LogP contribution in [0.25, 0.3) is 10.9 Å². The van der Waals surface area contributed by atoms with Crippen LogP contribution < -0.4 is 0 Å². The normalized spacial score (nSPS) is 11.6. The third kappa shape index (κ3) is 2.38. The van der Waals surface area contributed by atoms with Crippen molar-refractivity contribution in [1.29, 1.82) is 0 Å². The maximum absolute atomic E-state index is 6.05. The third-order valence-electron chi connectivity index (χ3n) is 2.61. The Morgan fingerprint density at radius 2 is 2.12 bits per heavy atom. The van der Waals surface area contributed by atoms with Crippen molar-refractivity contribution in [1.82, 2.24) is 4.57 Å². The van der Waals surface area contributed by atoms with E-state index in [1.165, 1.54) is 16.5 Å². The van der Waals surface area contributed by atoms with Crippen LogP contribution in [0.15, 0.2) is 24.4 Å². The van der Waals surface area contributed by atoms with Gasteiger partial charge in [0.1, 0.15) is 0 Å². The topological polar surface area (TPSA) is 4.93 Å². The van der Waals surface area contributed by atoms with Crippen LogP contribution in [-0.4, -0.2) is 9.82 Å². The molecule has 86 valence electrons. The first-order valence-corrected chi connectivity index (χ1v) is 6.85. The molecule has 0 amide bonds. The van der Waals surface area contributed by atoms with Crippen molar-refractivity contribution in [2.24, 2.45) is 7.05 Å². The van der Waals surface area contributed by atoms with Crippen LogP contribution in [0.2, 0.25) is 5.02 Å². The van der Waals surface area contributed by atoms with Crippen LogP contribution in [0.1, 0.15) is 19.4 Å². The molecule has 2 rings (SSSR count). The highest BCUT2D eigenvalue weighted by atomic mass is 35.5. The SMILES string of the molecule is CC(C)SCc1cn(C)c2ccc(Cl)cc12. The highest BCUT2D eigenvalue weighted by molar-refractivity contribution is 7.99. The summed E-state index contributed by atoms with van der Waals surface area (Å²) in [6, 6.07) is 6.09. The number of hydrogen-bond acceptors (Lipinski definition) is 1. The van der Waals surface area contributed by atoms with Crippen LogP contribution in [0, 0.1) is 0 Å². The minimum absolute atomic E-state index is 0.662. The van der Waals surface area contributed by atoms with Gasteiger partial charge >= 0.3 is 0 Å². The summed E-state index contributed by atoms with van der Waals surface area (Å²) in [6.45, 7) is 4.45. The van der Waals surface area contributed by atoms with Gasteiger partial charge < -0.3 is 4.57 Å². The number of fused-ring (bicyclic) bond motifs is 1. The molecule has 0 fully saturated rings. The summed E-state index contributed by atoms with van der Waals surface area (Å²) in [5.74, 6) is 1.05. The summed E-state index contributed by atoms with van der Waals surface area (Å²) in [6.07, 6.45) is 2.20. The summed E-state index contributed by atoms with van der Waals surface area (Å²) in [5, 5.41) is 2.76. The first-order valence-electron chi connectivity index (χ1n) is 5.43. The second kappa shape index (κ2) is 4.72. The maximum Gasteiger partial charge on any atom is 0.0481 e. The van der Waals surface area contributed by atoms with Gasteiger partial charge in [0.2, 0.25) is 0 Å². The fourth-order valence-corrected chi connectivity index (χ4v) is 2.73. The standard InChI is InChI=1S/C13H16ClNS/c1-9(2)16-8-10-7-15(3)13-5-4-11(14)6-12(10)13/h4-7,9H,8H2,1-3H3. The van der Waals surface area contributed by atoms with E-state index in [0.29, 0.717) is 5.25 Å². The molecule has 0 bridgehead atoms. The van der Waals surface area contributed by atoms with E-state index in [4.69, 9.17) is 11.6 Å². The second-order valence-electron chi connectivity index (χ2n) is 4.29. The molecular weight excluding hydrogens is 238 g/mol. The summed E-state index contributed by atoms with van der Waals surface area (Å²) in [5.41, 5.74) is 2.63. The van der Waals surface area contributed by atoms with Crippen LogP contribution in [0.3, 0.4) is 0 Å². The molecule has 0 aliphatic heterocycles. The molecule has 1 nitrogen and oxygen atoms in total. The van der Waals surface area contributed by atoms with E-state index in [-0.39, 0.29) is 0 Å². The second-order valence-corrected chi connectivity index (χ2v) is 6.29. The molecule has 0 saturated carbocycles. The Labute approximate surface area is 106 Å². The molecule has 3 heteroatoms. The largest absolute Gasteiger partial charge is 0.350 e. The van der Waals surface area contributed by atoms with Crippen molar-refractivity contribution in [3.8, 4) is 0 Å². The average molecular weight is 254 g/mol. The molecular formula is C13H16ClNS. The Balaban J connectivity index is 2.41. The Morgan fingerprint density at radius 3 is 2.81 bits per heavy atom. The van der Waals surface area contributed by atoms with E-state index < -0.39 is 0 Å². The van der Waals surface area contributed by atoms with Gasteiger partial charge in [-0.1, -0.05) is 25.4 Å². The molecule has 1 aromatic heterocycles. The van der Waals surface area contributed by atoms with E-state index in [2.05, 4.69) is 43.8 Å². The van der Waals surface area contributed by atoms with Gasteiger partial charge in [-0.15, -0.1) is 0 Å². The van der Waals surface area contributed by atoms with Crippen molar-refractivity contribution in [3.63, 3.8) is 0 Å². The zero-order chi connectivity index (χ0) is 11.7. The molecule has 2 aromatic rings. The molecule has 0 atom stereocenters. The van der Waals surface area contributed by atoms with Crippen molar-refractivity contribution in [2.45, 2.75) is 24.9 Å². The summed E-state index contributed by atoms with van der Waals surface area (Å²) in [7, 11) is 2.08. The van der Waals surface area contributed by atoms with Gasteiger partial charge in [0, 0.05) is 34.9 Å². The molecule has 1 heterocycles. The number of thioether (sulfide) groups is 1. The third-order valence-corrected chi connectivity index (χ3v) is 3.99. The highest BCUT2D eigenvalue weighted by Crippen LogP contribution is 2.28. The Kier molecular flexibility index (Phi) is 3.50. The number of nitrogens with zero attached hydrogens (tertiary/aromatic N) is 1. The lowest BCUT2D eigenvalue weighted by atomic mass is 10.2. The van der Waals surface area contributed by atoms with E-state index in [9.17, 15) is 0 Å². The first kappa shape index (κ1) is 11.9. The molecule has 0 radical (unpaired) electrons. The van der Waals surface area contributed by atoms with Crippen LogP contribution in [0.5, 0.6) is 0 Å². The van der Waals surface area contributed by atoms with Gasteiger partial charge in [-0.05, 0) is 29.0 Å². The highest BCUT2D eigenvalue weighted by Gasteiger charge is 2.07. The molecule has 0 N–H and O–H groups in total. The first-order chi connectivity index (χ1) is 7.58. The monoisotopic (exact) mass is 253 g/mol. The predicted octanol–water partition coefficient (Wildman–Crippen LogP) is 4.47. The molecule has 0 unspecified atom stereocenters. The fourth-order valence-electron chi connectivity index (χ4n) is 1.82. The van der Waals surface area contributed by atoms with Crippen LogP contribution >= 0.6 is 23.4 Å². The lowest BCUT2D eigenvalue weighted by molar-refractivity contribution is 0.962. The quantitative estimate of drug-likeness (QED) is 0.781. The minimum Gasteiger partial charge on any atom is -0.350 e. The van der Waals surface area contributed by atoms with Gasteiger partial charge in [-0.2, -0.15) is 11.8 Å². The zero-order valence-corrected chi connectivity index (χ0v) is 11.4. The lowest BCUT2D eigenvalue weighted by Crippen LogP contribution is -1.88. The number of aryl methyl sites for hydroxylation is 1. The Morgan fingerprint density at radius 1 is 1.38 bits per heavy atom. The van der Waals surface area contributed by atoms with Crippen molar-refractivity contribution < 1.29 is 0 Å². The van der Waals surface area contributed by atoms with Gasteiger partial charge in [0.15, 0.2) is 0 Å². The molecule has 1 aromatic carbocycles. The summed E-state index contributed by atoms with van der Waals surface area (Å²) < 4.78 is 2.17. The number of halogens is 1. The fraction of sp³-hybridized carbons (Fsp3) is 0.385. The molecule has 16 heavy (non-hydrogen) atoms. The van der Waals surface area contributed by atoms with E-state index in [1.807, 2.05) is 17.8 Å². The molecule has 0 spiro atoms. The van der Waals surface area contributed by atoms with Crippen LogP contribution in [-0.2, 0) is 12.8 Å². The number of aromatic nitrogens is 1. The maximum atomic E-state index is 6.05. The minimum atomic E-state index is 0.662. The molecule has 0 aliphatic carbocycles. The zero-order valence-electron chi connectivity index (χ0n) is 9.83. The number of rotatable bonds is 3. The van der Waals surface area contributed by atoms with Crippen molar-refractivity contribution in [3.05, 3.63) is 35.0 Å². The lowest BCUT2D eigenvalue weighted by Gasteiger charge is -2.03. The summed E-state index contributed by atoms with van der Waals surface area (Å²) in [4.78, 5) is 0. The van der Waals surface area contributed by atoms with Gasteiger partial charge in [-0.25, -0.2) is 0 Å². The van der Waals surface area contributed by atoms with E-state index >= 15 is 0 Å². The van der Waals surface area contributed by atoms with Gasteiger partial charge in [0.25, 0.3) is 0 Å². The van der Waals surface area contributed by atoms with E-state index in [1.54, 1.807) is 0 Å². The van der Waals surface area contributed by atoms with Gasteiger partial charge in [-0.3, -0.25) is 0 Å². The van der Waals surface area contributed by atoms with Crippen molar-refractivity contribution >= 4 is 34.3 Å². The molecule has 0 aliphatic rings. The van der Waals surface area contributed by atoms with Crippen LogP contribution in [0.4, 0.5) is 0 Å². The smallest absolute Gasteiger partial charge is 0.0481 e. The Hall–Kier alpha value is -0.600. The Bertz CT molecular complexity index is 502. The van der Waals surface area contributed by atoms with Crippen molar-refractivity contribution in [2.75, 3.05) is 0 Å². The predicted molar refractivity (Wildman–Crippen MR) is 74.4 cm³/mol. The van der Waals surface area contributed by atoms with Gasteiger partial charge in [0.05, 0.1) is 0 Å². The summed E-state index contributed by atoms with van der Waals surface area (Å²) >= 11 is 8.01. The molecule has 0 saturated heterocycles.